The lowest BCUT2D eigenvalue weighted by Gasteiger charge is -2.20. The van der Waals surface area contributed by atoms with Gasteiger partial charge in [0, 0.05) is 50.3 Å². The molecule has 1 aromatic heterocycles. The molecule has 0 aliphatic rings. The van der Waals surface area contributed by atoms with Crippen LogP contribution in [0.1, 0.15) is 0 Å². The summed E-state index contributed by atoms with van der Waals surface area (Å²) in [6.45, 7) is 0. The Morgan fingerprint density at radius 2 is 0.852 bits per heavy atom. The maximum Gasteiger partial charge on any atom is 0.0541 e. The van der Waals surface area contributed by atoms with Gasteiger partial charge >= 0.3 is 0 Å². The van der Waals surface area contributed by atoms with Crippen molar-refractivity contribution in [1.82, 2.24) is 4.57 Å². The summed E-state index contributed by atoms with van der Waals surface area (Å²) >= 11 is 0. The molecule has 0 radical (unpaired) electrons. The SMILES string of the molecule is c1ccc(Nc2ccccc2-c2ccccc2-c2cc(-c3ccc4c(c3)c3ccccc3n4-c3ccc4ccccc4c3)ccc2Nc2cccc(-c3ccccc3)c2)cc1. The third-order valence-corrected chi connectivity index (χ3v) is 11.8. The van der Waals surface area contributed by atoms with Crippen molar-refractivity contribution in [2.45, 2.75) is 0 Å². The van der Waals surface area contributed by atoms with Gasteiger partial charge in [0.05, 0.1) is 11.0 Å². The van der Waals surface area contributed by atoms with E-state index in [2.05, 4.69) is 246 Å². The minimum atomic E-state index is 1.03. The minimum absolute atomic E-state index is 1.03. The Labute approximate surface area is 355 Å². The van der Waals surface area contributed by atoms with Crippen molar-refractivity contribution in [2.24, 2.45) is 0 Å². The van der Waals surface area contributed by atoms with Gasteiger partial charge in [-0.15, -0.1) is 0 Å². The molecule has 11 aromatic rings. The third-order valence-electron chi connectivity index (χ3n) is 11.8. The molecule has 0 unspecified atom stereocenters. The van der Waals surface area contributed by atoms with E-state index in [4.69, 9.17) is 0 Å². The van der Waals surface area contributed by atoms with Gasteiger partial charge in [-0.25, -0.2) is 0 Å². The summed E-state index contributed by atoms with van der Waals surface area (Å²) in [5.41, 5.74) is 16.9. The van der Waals surface area contributed by atoms with E-state index < -0.39 is 0 Å². The molecule has 0 fully saturated rings. The molecule has 0 bridgehead atoms. The molecule has 288 valence electrons. The number of benzene rings is 10. The molecule has 0 spiro atoms. The summed E-state index contributed by atoms with van der Waals surface area (Å²) in [5, 5.41) is 12.5. The van der Waals surface area contributed by atoms with E-state index in [1.807, 2.05) is 6.07 Å². The van der Waals surface area contributed by atoms with Crippen LogP contribution in [0.3, 0.4) is 0 Å². The summed E-state index contributed by atoms with van der Waals surface area (Å²) in [4.78, 5) is 0. The summed E-state index contributed by atoms with van der Waals surface area (Å²) in [6, 6.07) is 84.9. The Bertz CT molecular complexity index is 3360. The average Bonchev–Trinajstić information content (AvgIpc) is 3.66. The second-order valence-corrected chi connectivity index (χ2v) is 15.5. The molecule has 0 aliphatic heterocycles. The Morgan fingerprint density at radius 1 is 0.279 bits per heavy atom. The van der Waals surface area contributed by atoms with Gasteiger partial charge in [-0.3, -0.25) is 0 Å². The van der Waals surface area contributed by atoms with Gasteiger partial charge < -0.3 is 15.2 Å². The van der Waals surface area contributed by atoms with Crippen LogP contribution in [0.15, 0.2) is 237 Å². The van der Waals surface area contributed by atoms with Crippen LogP contribution in [0, 0.1) is 0 Å². The molecule has 3 nitrogen and oxygen atoms in total. The second-order valence-electron chi connectivity index (χ2n) is 15.5. The standard InChI is InChI=1S/C58H41N3/c1-3-16-40(17-4-1)42-20-15-23-47(36-42)60-56-34-31-44(38-53(56)50-25-10-9-24-49(50)51-26-11-13-28-55(51)59-46-21-5-2-6-22-46)45-32-35-58-54(39-45)52-27-12-14-29-57(52)61(58)48-33-30-41-18-7-8-19-43(41)37-48/h1-39,59-60H. The normalized spacial score (nSPS) is 11.3. The van der Waals surface area contributed by atoms with E-state index in [9.17, 15) is 0 Å². The Hall–Kier alpha value is -8.14. The fourth-order valence-electron chi connectivity index (χ4n) is 8.82. The van der Waals surface area contributed by atoms with Crippen LogP contribution in [-0.2, 0) is 0 Å². The van der Waals surface area contributed by atoms with Crippen LogP contribution in [0.25, 0.3) is 82.8 Å². The molecule has 10 aromatic carbocycles. The number of nitrogens with one attached hydrogen (secondary N) is 2. The molecular weight excluding hydrogens is 739 g/mol. The lowest BCUT2D eigenvalue weighted by atomic mass is 9.90. The molecule has 0 saturated carbocycles. The lowest BCUT2D eigenvalue weighted by molar-refractivity contribution is 1.19. The third kappa shape index (κ3) is 6.88. The molecule has 0 saturated heterocycles. The van der Waals surface area contributed by atoms with Crippen LogP contribution >= 0.6 is 0 Å². The number of rotatable bonds is 9. The summed E-state index contributed by atoms with van der Waals surface area (Å²) in [7, 11) is 0. The van der Waals surface area contributed by atoms with Gasteiger partial charge in [0.25, 0.3) is 0 Å². The van der Waals surface area contributed by atoms with Crippen molar-refractivity contribution < 1.29 is 0 Å². The molecular formula is C58H41N3. The van der Waals surface area contributed by atoms with Crippen LogP contribution in [0.2, 0.25) is 0 Å². The molecule has 11 rings (SSSR count). The molecule has 1 heterocycles. The smallest absolute Gasteiger partial charge is 0.0541 e. The average molecular weight is 780 g/mol. The Morgan fingerprint density at radius 3 is 1.70 bits per heavy atom. The monoisotopic (exact) mass is 779 g/mol. The number of hydrogen-bond donors (Lipinski definition) is 2. The van der Waals surface area contributed by atoms with Crippen molar-refractivity contribution in [2.75, 3.05) is 10.6 Å². The highest BCUT2D eigenvalue weighted by atomic mass is 15.0. The first kappa shape index (κ1) is 36.0. The van der Waals surface area contributed by atoms with E-state index in [0.717, 1.165) is 61.8 Å². The van der Waals surface area contributed by atoms with Crippen molar-refractivity contribution in [1.29, 1.82) is 0 Å². The molecule has 0 aliphatic carbocycles. The fraction of sp³-hybridized carbons (Fsp3) is 0. The summed E-state index contributed by atoms with van der Waals surface area (Å²) < 4.78 is 2.40. The first-order valence-corrected chi connectivity index (χ1v) is 20.8. The minimum Gasteiger partial charge on any atom is -0.355 e. The maximum absolute atomic E-state index is 3.86. The predicted molar refractivity (Wildman–Crippen MR) is 259 cm³/mol. The number of hydrogen-bond acceptors (Lipinski definition) is 2. The molecule has 61 heavy (non-hydrogen) atoms. The molecule has 0 atom stereocenters. The van der Waals surface area contributed by atoms with E-state index in [-0.39, 0.29) is 0 Å². The first-order chi connectivity index (χ1) is 30.2. The summed E-state index contributed by atoms with van der Waals surface area (Å²) in [6.07, 6.45) is 0. The van der Waals surface area contributed by atoms with Crippen LogP contribution in [0.5, 0.6) is 0 Å². The van der Waals surface area contributed by atoms with Gasteiger partial charge in [-0.1, -0.05) is 164 Å². The van der Waals surface area contributed by atoms with Crippen LogP contribution in [0.4, 0.5) is 22.7 Å². The number of aromatic nitrogens is 1. The van der Waals surface area contributed by atoms with Crippen molar-refractivity contribution >= 4 is 55.3 Å². The van der Waals surface area contributed by atoms with E-state index >= 15 is 0 Å². The highest BCUT2D eigenvalue weighted by molar-refractivity contribution is 6.11. The highest BCUT2D eigenvalue weighted by Crippen LogP contribution is 2.43. The van der Waals surface area contributed by atoms with E-state index in [1.54, 1.807) is 0 Å². The van der Waals surface area contributed by atoms with Gasteiger partial charge in [0.2, 0.25) is 0 Å². The lowest BCUT2D eigenvalue weighted by Crippen LogP contribution is -1.97. The zero-order valence-electron chi connectivity index (χ0n) is 33.5. The van der Waals surface area contributed by atoms with Crippen molar-refractivity contribution in [3.05, 3.63) is 237 Å². The molecule has 0 amide bonds. The van der Waals surface area contributed by atoms with E-state index in [1.165, 1.54) is 43.7 Å². The highest BCUT2D eigenvalue weighted by Gasteiger charge is 2.18. The largest absolute Gasteiger partial charge is 0.355 e. The number of fused-ring (bicyclic) bond motifs is 4. The van der Waals surface area contributed by atoms with Gasteiger partial charge in [0.15, 0.2) is 0 Å². The quantitative estimate of drug-likeness (QED) is 0.153. The van der Waals surface area contributed by atoms with E-state index in [0.29, 0.717) is 0 Å². The van der Waals surface area contributed by atoms with Gasteiger partial charge in [-0.2, -0.15) is 0 Å². The zero-order valence-corrected chi connectivity index (χ0v) is 33.5. The molecule has 3 heteroatoms. The second kappa shape index (κ2) is 15.6. The predicted octanol–water partition coefficient (Wildman–Crippen LogP) is 16.1. The summed E-state index contributed by atoms with van der Waals surface area (Å²) in [5.74, 6) is 0. The number of anilines is 4. The zero-order chi connectivity index (χ0) is 40.5. The number of para-hydroxylation sites is 3. The Kier molecular flexibility index (Phi) is 9.18. The maximum atomic E-state index is 3.86. The van der Waals surface area contributed by atoms with Crippen molar-refractivity contribution in [3.63, 3.8) is 0 Å². The topological polar surface area (TPSA) is 29.0 Å². The molecule has 2 N–H and O–H groups in total. The fourth-order valence-corrected chi connectivity index (χ4v) is 8.82. The first-order valence-electron chi connectivity index (χ1n) is 20.8. The van der Waals surface area contributed by atoms with Gasteiger partial charge in [-0.05, 0) is 117 Å². The van der Waals surface area contributed by atoms with Crippen molar-refractivity contribution in [3.8, 4) is 50.2 Å². The van der Waals surface area contributed by atoms with Gasteiger partial charge in [0.1, 0.15) is 0 Å². The van der Waals surface area contributed by atoms with Crippen LogP contribution in [-0.4, -0.2) is 4.57 Å². The van der Waals surface area contributed by atoms with Crippen LogP contribution < -0.4 is 10.6 Å². The number of nitrogens with zero attached hydrogens (tertiary/aromatic N) is 1. The Balaban J connectivity index is 1.07.